The molecule has 0 fully saturated rings. The Balaban J connectivity index is 1.63. The van der Waals surface area contributed by atoms with E-state index in [1.165, 1.54) is 16.0 Å². The minimum absolute atomic E-state index is 0.000887. The molecule has 10 heteroatoms. The van der Waals surface area contributed by atoms with Crippen molar-refractivity contribution < 1.29 is 9.59 Å². The average Bonchev–Trinajstić information content (AvgIpc) is 3.35. The first-order valence-electron chi connectivity index (χ1n) is 8.51. The van der Waals surface area contributed by atoms with E-state index in [1.807, 2.05) is 6.92 Å². The maximum absolute atomic E-state index is 12.6. The molecule has 1 unspecified atom stereocenters. The lowest BCUT2D eigenvalue weighted by Gasteiger charge is -2.14. The van der Waals surface area contributed by atoms with E-state index < -0.39 is 6.04 Å². The van der Waals surface area contributed by atoms with E-state index in [0.717, 1.165) is 5.56 Å². The molecule has 1 atom stereocenters. The molecular weight excluding hydrogens is 421 g/mol. The van der Waals surface area contributed by atoms with E-state index in [9.17, 15) is 9.59 Å². The second-order valence-electron chi connectivity index (χ2n) is 6.06. The van der Waals surface area contributed by atoms with E-state index in [4.69, 9.17) is 23.2 Å². The van der Waals surface area contributed by atoms with Crippen molar-refractivity contribution in [3.05, 3.63) is 62.3 Å². The molecule has 0 aliphatic carbocycles. The van der Waals surface area contributed by atoms with Crippen LogP contribution < -0.4 is 5.32 Å². The van der Waals surface area contributed by atoms with Crippen LogP contribution in [0.25, 0.3) is 0 Å². The molecule has 1 amide bonds. The first-order chi connectivity index (χ1) is 13.5. The minimum Gasteiger partial charge on any atom is -0.341 e. The van der Waals surface area contributed by atoms with Crippen LogP contribution in [0.5, 0.6) is 0 Å². The molecule has 1 N–H and O–H groups in total. The third kappa shape index (κ3) is 4.95. The Bertz CT molecular complexity index is 954. The monoisotopic (exact) mass is 437 g/mol. The number of thiazole rings is 1. The number of benzene rings is 1. The highest BCUT2D eigenvalue weighted by molar-refractivity contribution is 7.07. The molecule has 1 aromatic carbocycles. The van der Waals surface area contributed by atoms with Crippen molar-refractivity contribution in [3.63, 3.8) is 0 Å². The quantitative estimate of drug-likeness (QED) is 0.582. The van der Waals surface area contributed by atoms with Gasteiger partial charge in [-0.2, -0.15) is 0 Å². The molecule has 3 aromatic rings. The normalized spacial score (nSPS) is 12.0. The van der Waals surface area contributed by atoms with Crippen LogP contribution >= 0.6 is 34.5 Å². The van der Waals surface area contributed by atoms with Crippen LogP contribution in [-0.2, 0) is 17.8 Å². The molecule has 146 valence electrons. The SMILES string of the molecule is CCC(NC(=O)c1cscn1)C(=O)Cn1cc(Cc2c(Cl)cccc2Cl)nn1. The standard InChI is InChI=1S/C18H17Cl2N5O2S/c1-2-15(22-18(27)16-9-28-10-21-16)17(26)8-25-7-11(23-24-25)6-12-13(19)4-3-5-14(12)20/h3-5,7,9-10,15H,2,6,8H2,1H3,(H,22,27). The van der Waals surface area contributed by atoms with Crippen LogP contribution in [0, 0.1) is 0 Å². The summed E-state index contributed by atoms with van der Waals surface area (Å²) < 4.78 is 1.44. The van der Waals surface area contributed by atoms with Gasteiger partial charge >= 0.3 is 0 Å². The molecule has 7 nitrogen and oxygen atoms in total. The molecule has 2 aromatic heterocycles. The fourth-order valence-electron chi connectivity index (χ4n) is 2.62. The number of aromatic nitrogens is 4. The zero-order chi connectivity index (χ0) is 20.1. The number of carbonyl (C=O) groups excluding carboxylic acids is 2. The molecular formula is C18H17Cl2N5O2S. The number of ketones is 1. The summed E-state index contributed by atoms with van der Waals surface area (Å²) in [5, 5.41) is 13.5. The number of halogens is 2. The number of nitrogens with zero attached hydrogens (tertiary/aromatic N) is 4. The predicted molar refractivity (Wildman–Crippen MR) is 108 cm³/mol. The summed E-state index contributed by atoms with van der Waals surface area (Å²) in [5.41, 5.74) is 3.27. The average molecular weight is 438 g/mol. The molecule has 3 rings (SSSR count). The van der Waals surface area contributed by atoms with Gasteiger partial charge in [0.15, 0.2) is 5.78 Å². The second kappa shape index (κ2) is 9.27. The molecule has 0 bridgehead atoms. The van der Waals surface area contributed by atoms with Crippen molar-refractivity contribution in [1.29, 1.82) is 0 Å². The van der Waals surface area contributed by atoms with Crippen molar-refractivity contribution in [3.8, 4) is 0 Å². The maximum Gasteiger partial charge on any atom is 0.271 e. The van der Waals surface area contributed by atoms with Crippen molar-refractivity contribution in [2.75, 3.05) is 0 Å². The van der Waals surface area contributed by atoms with Crippen LogP contribution in [0.15, 0.2) is 35.3 Å². The van der Waals surface area contributed by atoms with Gasteiger partial charge in [0.1, 0.15) is 12.2 Å². The summed E-state index contributed by atoms with van der Waals surface area (Å²) in [4.78, 5) is 28.6. The molecule has 0 radical (unpaired) electrons. The van der Waals surface area contributed by atoms with Gasteiger partial charge in [0.05, 0.1) is 17.2 Å². The van der Waals surface area contributed by atoms with E-state index in [0.29, 0.717) is 34.3 Å². The summed E-state index contributed by atoms with van der Waals surface area (Å²) in [7, 11) is 0. The van der Waals surface area contributed by atoms with E-state index in [-0.39, 0.29) is 18.2 Å². The van der Waals surface area contributed by atoms with Gasteiger partial charge in [0.2, 0.25) is 0 Å². The van der Waals surface area contributed by atoms with Crippen LogP contribution in [-0.4, -0.2) is 37.7 Å². The van der Waals surface area contributed by atoms with E-state index >= 15 is 0 Å². The Morgan fingerprint density at radius 1 is 1.29 bits per heavy atom. The lowest BCUT2D eigenvalue weighted by Crippen LogP contribution is -2.42. The summed E-state index contributed by atoms with van der Waals surface area (Å²) in [5.74, 6) is -0.535. The number of nitrogens with one attached hydrogen (secondary N) is 1. The number of carbonyl (C=O) groups is 2. The Hall–Kier alpha value is -2.29. The van der Waals surface area contributed by atoms with Gasteiger partial charge in [-0.05, 0) is 24.1 Å². The third-order valence-electron chi connectivity index (χ3n) is 4.09. The fourth-order valence-corrected chi connectivity index (χ4v) is 3.68. The van der Waals surface area contributed by atoms with Crippen LogP contribution in [0.4, 0.5) is 0 Å². The van der Waals surface area contributed by atoms with E-state index in [2.05, 4.69) is 20.6 Å². The molecule has 2 heterocycles. The minimum atomic E-state index is -0.625. The van der Waals surface area contributed by atoms with Crippen molar-refractivity contribution in [1.82, 2.24) is 25.3 Å². The third-order valence-corrected chi connectivity index (χ3v) is 5.39. The number of Topliss-reactive ketones (excluding diaryl/α,β-unsaturated/α-hetero) is 1. The highest BCUT2D eigenvalue weighted by Crippen LogP contribution is 2.26. The summed E-state index contributed by atoms with van der Waals surface area (Å²) in [6.45, 7) is 1.83. The van der Waals surface area contributed by atoms with Crippen LogP contribution in [0.1, 0.15) is 35.1 Å². The largest absolute Gasteiger partial charge is 0.341 e. The molecule has 0 saturated heterocycles. The number of hydrogen-bond donors (Lipinski definition) is 1. The highest BCUT2D eigenvalue weighted by Gasteiger charge is 2.21. The summed E-state index contributed by atoms with van der Waals surface area (Å²) >= 11 is 13.7. The Morgan fingerprint density at radius 3 is 2.68 bits per heavy atom. The maximum atomic E-state index is 12.6. The first-order valence-corrected chi connectivity index (χ1v) is 10.2. The zero-order valence-corrected chi connectivity index (χ0v) is 17.3. The Kier molecular flexibility index (Phi) is 6.77. The van der Waals surface area contributed by atoms with Crippen LogP contribution in [0.2, 0.25) is 10.0 Å². The highest BCUT2D eigenvalue weighted by atomic mass is 35.5. The zero-order valence-electron chi connectivity index (χ0n) is 14.9. The topological polar surface area (TPSA) is 89.8 Å². The molecule has 28 heavy (non-hydrogen) atoms. The second-order valence-corrected chi connectivity index (χ2v) is 7.59. The predicted octanol–water partition coefficient (Wildman–Crippen LogP) is 3.41. The Labute approximate surface area is 175 Å². The fraction of sp³-hybridized carbons (Fsp3) is 0.278. The van der Waals surface area contributed by atoms with Gasteiger partial charge in [0, 0.05) is 28.0 Å². The molecule has 0 saturated carbocycles. The van der Waals surface area contributed by atoms with Crippen molar-refractivity contribution >= 4 is 46.2 Å². The van der Waals surface area contributed by atoms with Gasteiger partial charge in [-0.3, -0.25) is 9.59 Å². The molecule has 0 aliphatic heterocycles. The smallest absolute Gasteiger partial charge is 0.271 e. The van der Waals surface area contributed by atoms with Gasteiger partial charge in [-0.25, -0.2) is 9.67 Å². The molecule has 0 spiro atoms. The van der Waals surface area contributed by atoms with Gasteiger partial charge < -0.3 is 5.32 Å². The van der Waals surface area contributed by atoms with Gasteiger partial charge in [-0.1, -0.05) is 41.4 Å². The summed E-state index contributed by atoms with van der Waals surface area (Å²) in [6.07, 6.45) is 2.54. The van der Waals surface area contributed by atoms with Crippen molar-refractivity contribution in [2.45, 2.75) is 32.4 Å². The van der Waals surface area contributed by atoms with Crippen molar-refractivity contribution in [2.24, 2.45) is 0 Å². The lowest BCUT2D eigenvalue weighted by atomic mass is 10.1. The first kappa shape index (κ1) is 20.4. The van der Waals surface area contributed by atoms with Gasteiger partial charge in [0.25, 0.3) is 5.91 Å². The van der Waals surface area contributed by atoms with E-state index in [1.54, 1.807) is 35.3 Å². The number of hydrogen-bond acceptors (Lipinski definition) is 6. The number of rotatable bonds is 8. The lowest BCUT2D eigenvalue weighted by molar-refractivity contribution is -0.121. The summed E-state index contributed by atoms with van der Waals surface area (Å²) in [6, 6.07) is 4.66. The van der Waals surface area contributed by atoms with Gasteiger partial charge in [-0.15, -0.1) is 16.4 Å². The Morgan fingerprint density at radius 2 is 2.04 bits per heavy atom. The van der Waals surface area contributed by atoms with Crippen LogP contribution in [0.3, 0.4) is 0 Å². The number of amides is 1. The molecule has 0 aliphatic rings.